The molecule has 1 saturated heterocycles. The Kier molecular flexibility index (Phi) is 4.26. The van der Waals surface area contributed by atoms with Crippen molar-refractivity contribution in [3.05, 3.63) is 17.2 Å². The second kappa shape index (κ2) is 6.06. The second-order valence-corrected chi connectivity index (χ2v) is 6.82. The maximum absolute atomic E-state index is 12.7. The van der Waals surface area contributed by atoms with Gasteiger partial charge in [0.05, 0.1) is 0 Å². The second-order valence-electron chi connectivity index (χ2n) is 5.86. The van der Waals surface area contributed by atoms with Gasteiger partial charge in [-0.25, -0.2) is 0 Å². The minimum atomic E-state index is -4.44. The summed E-state index contributed by atoms with van der Waals surface area (Å²) in [6, 6.07) is 0.244. The third kappa shape index (κ3) is 3.31. The van der Waals surface area contributed by atoms with Gasteiger partial charge in [0.2, 0.25) is 10.1 Å². The van der Waals surface area contributed by atoms with Crippen LogP contribution in [-0.4, -0.2) is 38.1 Å². The van der Waals surface area contributed by atoms with E-state index in [0.717, 1.165) is 18.7 Å². The Morgan fingerprint density at radius 2 is 2.04 bits per heavy atom. The van der Waals surface area contributed by atoms with Crippen LogP contribution in [0.15, 0.2) is 6.33 Å². The van der Waals surface area contributed by atoms with Gasteiger partial charge >= 0.3 is 6.18 Å². The lowest BCUT2D eigenvalue weighted by Gasteiger charge is -2.32. The molecule has 1 atom stereocenters. The van der Waals surface area contributed by atoms with Crippen molar-refractivity contribution in [2.24, 2.45) is 0 Å². The number of nitrogens with zero attached hydrogens (tertiary/aromatic N) is 6. The average Bonchev–Trinajstić information content (AvgIpc) is 3.16. The van der Waals surface area contributed by atoms with Gasteiger partial charge in [-0.2, -0.15) is 13.2 Å². The van der Waals surface area contributed by atoms with Gasteiger partial charge in [-0.1, -0.05) is 11.3 Å². The number of halogens is 3. The highest BCUT2D eigenvalue weighted by molar-refractivity contribution is 7.15. The number of anilines is 1. The predicted molar refractivity (Wildman–Crippen MR) is 79.5 cm³/mol. The first kappa shape index (κ1) is 16.2. The fourth-order valence-electron chi connectivity index (χ4n) is 2.76. The Morgan fingerprint density at radius 1 is 1.26 bits per heavy atom. The highest BCUT2D eigenvalue weighted by Gasteiger charge is 2.37. The maximum Gasteiger partial charge on any atom is 0.445 e. The molecule has 126 valence electrons. The lowest BCUT2D eigenvalue weighted by molar-refractivity contribution is -0.138. The summed E-state index contributed by atoms with van der Waals surface area (Å²) in [5, 5.41) is 14.6. The Labute approximate surface area is 135 Å². The van der Waals surface area contributed by atoms with Gasteiger partial charge in [0.15, 0.2) is 0 Å². The quantitative estimate of drug-likeness (QED) is 0.855. The molecule has 3 rings (SSSR count). The minimum Gasteiger partial charge on any atom is -0.346 e. The van der Waals surface area contributed by atoms with Gasteiger partial charge in [0, 0.05) is 25.0 Å². The number of rotatable bonds is 3. The first-order valence-electron chi connectivity index (χ1n) is 7.41. The number of alkyl halides is 3. The first-order valence-corrected chi connectivity index (χ1v) is 8.23. The van der Waals surface area contributed by atoms with Crippen molar-refractivity contribution in [1.29, 1.82) is 0 Å². The van der Waals surface area contributed by atoms with Gasteiger partial charge in [0.25, 0.3) is 0 Å². The van der Waals surface area contributed by atoms with E-state index in [1.807, 2.05) is 23.3 Å². The molecule has 0 radical (unpaired) electrons. The molecule has 23 heavy (non-hydrogen) atoms. The highest BCUT2D eigenvalue weighted by atomic mass is 32.1. The lowest BCUT2D eigenvalue weighted by Crippen LogP contribution is -2.35. The molecule has 1 fully saturated rings. The summed E-state index contributed by atoms with van der Waals surface area (Å²) in [6.07, 6.45) is -0.933. The van der Waals surface area contributed by atoms with Crippen LogP contribution in [0.2, 0.25) is 0 Å². The van der Waals surface area contributed by atoms with E-state index in [2.05, 4.69) is 20.4 Å². The molecule has 0 N–H and O–H groups in total. The van der Waals surface area contributed by atoms with E-state index in [0.29, 0.717) is 29.6 Å². The van der Waals surface area contributed by atoms with Crippen LogP contribution in [0.5, 0.6) is 0 Å². The van der Waals surface area contributed by atoms with Crippen LogP contribution in [0, 0.1) is 0 Å². The molecule has 2 aromatic rings. The van der Waals surface area contributed by atoms with Crippen molar-refractivity contribution < 1.29 is 13.2 Å². The van der Waals surface area contributed by atoms with Crippen molar-refractivity contribution in [2.45, 2.75) is 44.8 Å². The highest BCUT2D eigenvalue weighted by Crippen LogP contribution is 2.36. The summed E-state index contributed by atoms with van der Waals surface area (Å²) in [4.78, 5) is 1.86. The largest absolute Gasteiger partial charge is 0.445 e. The fourth-order valence-corrected chi connectivity index (χ4v) is 3.51. The molecular weight excluding hydrogens is 329 g/mol. The summed E-state index contributed by atoms with van der Waals surface area (Å²) in [5.41, 5.74) is 0. The van der Waals surface area contributed by atoms with E-state index in [-0.39, 0.29) is 12.0 Å². The Bertz CT molecular complexity index is 665. The van der Waals surface area contributed by atoms with E-state index in [1.54, 1.807) is 6.33 Å². The van der Waals surface area contributed by atoms with Gasteiger partial charge in [-0.15, -0.1) is 20.4 Å². The standard InChI is InChI=1S/C13H17F3N6S/c1-8(2)22-7-17-18-10(22)9-4-3-5-21(6-9)12-20-19-11(23-12)13(14,15)16/h7-9H,3-6H2,1-2H3. The van der Waals surface area contributed by atoms with E-state index in [4.69, 9.17) is 0 Å². The van der Waals surface area contributed by atoms with Crippen LogP contribution in [0.3, 0.4) is 0 Å². The first-order chi connectivity index (χ1) is 10.9. The third-order valence-electron chi connectivity index (χ3n) is 3.87. The summed E-state index contributed by atoms with van der Waals surface area (Å²) < 4.78 is 40.0. The van der Waals surface area contributed by atoms with Gasteiger partial charge in [-0.3, -0.25) is 0 Å². The predicted octanol–water partition coefficient (Wildman–Crippen LogP) is 3.11. The maximum atomic E-state index is 12.7. The molecular formula is C13H17F3N6S. The number of piperidine rings is 1. The van der Waals surface area contributed by atoms with Crippen molar-refractivity contribution in [3.63, 3.8) is 0 Å². The molecule has 10 heteroatoms. The Hall–Kier alpha value is -1.71. The monoisotopic (exact) mass is 346 g/mol. The molecule has 0 aliphatic carbocycles. The molecule has 6 nitrogen and oxygen atoms in total. The molecule has 0 amide bonds. The van der Waals surface area contributed by atoms with Gasteiger partial charge in [0.1, 0.15) is 12.2 Å². The van der Waals surface area contributed by atoms with Crippen LogP contribution in [0.25, 0.3) is 0 Å². The van der Waals surface area contributed by atoms with E-state index < -0.39 is 11.2 Å². The Balaban J connectivity index is 1.78. The Morgan fingerprint density at radius 3 is 2.70 bits per heavy atom. The normalized spacial score (nSPS) is 19.6. The minimum absolute atomic E-state index is 0.131. The zero-order valence-electron chi connectivity index (χ0n) is 12.8. The van der Waals surface area contributed by atoms with Crippen molar-refractivity contribution in [2.75, 3.05) is 18.0 Å². The van der Waals surface area contributed by atoms with Gasteiger partial charge in [-0.05, 0) is 26.7 Å². The zero-order valence-corrected chi connectivity index (χ0v) is 13.6. The number of hydrogen-bond acceptors (Lipinski definition) is 6. The molecule has 0 bridgehead atoms. The number of hydrogen-bond donors (Lipinski definition) is 0. The molecule has 1 aliphatic heterocycles. The van der Waals surface area contributed by atoms with Crippen LogP contribution in [0.4, 0.5) is 18.3 Å². The summed E-state index contributed by atoms with van der Waals surface area (Å²) in [6.45, 7) is 5.36. The van der Waals surface area contributed by atoms with E-state index >= 15 is 0 Å². The van der Waals surface area contributed by atoms with Crippen molar-refractivity contribution in [1.82, 2.24) is 25.0 Å². The molecule has 0 spiro atoms. The molecule has 3 heterocycles. The summed E-state index contributed by atoms with van der Waals surface area (Å²) in [5.74, 6) is 1.01. The molecule has 1 aliphatic rings. The SMILES string of the molecule is CC(C)n1cnnc1C1CCCN(c2nnc(C(F)(F)F)s2)C1. The van der Waals surface area contributed by atoms with Crippen molar-refractivity contribution >= 4 is 16.5 Å². The number of aromatic nitrogens is 5. The topological polar surface area (TPSA) is 59.7 Å². The lowest BCUT2D eigenvalue weighted by atomic mass is 9.97. The molecule has 2 aromatic heterocycles. The molecule has 0 aromatic carbocycles. The third-order valence-corrected chi connectivity index (χ3v) is 4.90. The van der Waals surface area contributed by atoms with Gasteiger partial charge < -0.3 is 9.47 Å². The van der Waals surface area contributed by atoms with Crippen LogP contribution in [-0.2, 0) is 6.18 Å². The fraction of sp³-hybridized carbons (Fsp3) is 0.692. The van der Waals surface area contributed by atoms with Crippen molar-refractivity contribution in [3.8, 4) is 0 Å². The van der Waals surface area contributed by atoms with Crippen LogP contribution >= 0.6 is 11.3 Å². The van der Waals surface area contributed by atoms with Crippen LogP contribution < -0.4 is 4.90 Å². The molecule has 0 saturated carbocycles. The molecule has 1 unspecified atom stereocenters. The van der Waals surface area contributed by atoms with E-state index in [1.165, 1.54) is 0 Å². The van der Waals surface area contributed by atoms with Crippen LogP contribution in [0.1, 0.15) is 49.5 Å². The smallest absolute Gasteiger partial charge is 0.346 e. The summed E-state index contributed by atoms with van der Waals surface area (Å²) in [7, 11) is 0. The van der Waals surface area contributed by atoms with E-state index in [9.17, 15) is 13.2 Å². The average molecular weight is 346 g/mol. The zero-order chi connectivity index (χ0) is 16.6. The summed E-state index contributed by atoms with van der Waals surface area (Å²) >= 11 is 0.592.